The average molecular weight is 385 g/mol. The van der Waals surface area contributed by atoms with E-state index in [4.69, 9.17) is 11.6 Å². The van der Waals surface area contributed by atoms with Gasteiger partial charge in [0.1, 0.15) is 0 Å². The number of carbonyl (C=O) groups excluding carboxylic acids is 2. The molecule has 0 atom stereocenters. The molecule has 27 heavy (non-hydrogen) atoms. The first-order valence-electron chi connectivity index (χ1n) is 9.23. The third kappa shape index (κ3) is 4.69. The second-order valence-electron chi connectivity index (χ2n) is 8.16. The highest BCUT2D eigenvalue weighted by Crippen LogP contribution is 2.30. The van der Waals surface area contributed by atoms with Crippen molar-refractivity contribution in [1.29, 1.82) is 0 Å². The van der Waals surface area contributed by atoms with E-state index in [9.17, 15) is 9.59 Å². The van der Waals surface area contributed by atoms with Crippen molar-refractivity contribution < 1.29 is 9.59 Å². The van der Waals surface area contributed by atoms with Crippen LogP contribution in [0.3, 0.4) is 0 Å². The third-order valence-electron chi connectivity index (χ3n) is 4.56. The lowest BCUT2D eigenvalue weighted by Gasteiger charge is -2.30. The van der Waals surface area contributed by atoms with Crippen LogP contribution in [0, 0.1) is 5.41 Å². The second kappa shape index (κ2) is 7.73. The van der Waals surface area contributed by atoms with Crippen molar-refractivity contribution in [3.05, 3.63) is 64.2 Å². The summed E-state index contributed by atoms with van der Waals surface area (Å²) in [5.41, 5.74) is 3.14. The number of hydrogen-bond acceptors (Lipinski definition) is 2. The summed E-state index contributed by atoms with van der Waals surface area (Å²) in [4.78, 5) is 27.2. The number of nitrogens with one attached hydrogen (secondary N) is 1. The summed E-state index contributed by atoms with van der Waals surface area (Å²) in [5, 5.41) is 3.52. The topological polar surface area (TPSA) is 49.4 Å². The molecule has 142 valence electrons. The van der Waals surface area contributed by atoms with Gasteiger partial charge in [0.2, 0.25) is 0 Å². The molecule has 0 unspecified atom stereocenters. The molecule has 1 aliphatic heterocycles. The van der Waals surface area contributed by atoms with E-state index in [-0.39, 0.29) is 17.2 Å². The number of benzene rings is 2. The van der Waals surface area contributed by atoms with E-state index in [1.807, 2.05) is 12.1 Å². The molecule has 2 aromatic carbocycles. The molecular weight excluding hydrogens is 360 g/mol. The summed E-state index contributed by atoms with van der Waals surface area (Å²) in [7, 11) is 0. The molecule has 5 heteroatoms. The Hall–Kier alpha value is -2.33. The first-order chi connectivity index (χ1) is 12.7. The summed E-state index contributed by atoms with van der Waals surface area (Å²) < 4.78 is 0. The maximum absolute atomic E-state index is 12.9. The number of hydrogen-bond donors (Lipinski definition) is 1. The van der Waals surface area contributed by atoms with Crippen LogP contribution in [0.1, 0.15) is 53.5 Å². The van der Waals surface area contributed by atoms with Crippen LogP contribution in [-0.2, 0) is 6.42 Å². The van der Waals surface area contributed by atoms with E-state index in [2.05, 4.69) is 26.1 Å². The number of carbonyl (C=O) groups is 2. The lowest BCUT2D eigenvalue weighted by molar-refractivity contribution is 0.0938. The SMILES string of the molecule is CC(C)(C)CNC(=O)c1ccc2c(c1)CCCN2C(=O)c1cccc(Cl)c1. The van der Waals surface area contributed by atoms with Gasteiger partial charge >= 0.3 is 0 Å². The lowest BCUT2D eigenvalue weighted by Crippen LogP contribution is -2.36. The second-order valence-corrected chi connectivity index (χ2v) is 8.59. The van der Waals surface area contributed by atoms with Crippen LogP contribution in [0.2, 0.25) is 5.02 Å². The summed E-state index contributed by atoms with van der Waals surface area (Å²) >= 11 is 6.03. The van der Waals surface area contributed by atoms with Crippen LogP contribution in [0.4, 0.5) is 5.69 Å². The molecule has 2 aromatic rings. The third-order valence-corrected chi connectivity index (χ3v) is 4.79. The van der Waals surface area contributed by atoms with Crippen molar-refractivity contribution >= 4 is 29.1 Å². The molecule has 1 heterocycles. The molecule has 1 N–H and O–H groups in total. The van der Waals surface area contributed by atoms with Gasteiger partial charge in [-0.15, -0.1) is 0 Å². The van der Waals surface area contributed by atoms with E-state index >= 15 is 0 Å². The van der Waals surface area contributed by atoms with Crippen LogP contribution in [-0.4, -0.2) is 24.9 Å². The molecule has 0 radical (unpaired) electrons. The van der Waals surface area contributed by atoms with Crippen LogP contribution in [0.5, 0.6) is 0 Å². The molecule has 0 saturated carbocycles. The lowest BCUT2D eigenvalue weighted by atomic mass is 9.96. The quantitative estimate of drug-likeness (QED) is 0.833. The number of nitrogens with zero attached hydrogens (tertiary/aromatic N) is 1. The Morgan fingerprint density at radius 1 is 1.11 bits per heavy atom. The Labute approximate surface area is 165 Å². The van der Waals surface area contributed by atoms with E-state index < -0.39 is 0 Å². The highest BCUT2D eigenvalue weighted by atomic mass is 35.5. The van der Waals surface area contributed by atoms with Crippen molar-refractivity contribution in [3.63, 3.8) is 0 Å². The van der Waals surface area contributed by atoms with Gasteiger partial charge in [-0.3, -0.25) is 9.59 Å². The zero-order valence-electron chi connectivity index (χ0n) is 16.0. The maximum atomic E-state index is 12.9. The number of fused-ring (bicyclic) bond motifs is 1. The average Bonchev–Trinajstić information content (AvgIpc) is 2.64. The van der Waals surface area contributed by atoms with Crippen LogP contribution in [0.15, 0.2) is 42.5 Å². The Bertz CT molecular complexity index is 871. The van der Waals surface area contributed by atoms with Crippen molar-refractivity contribution in [2.45, 2.75) is 33.6 Å². The summed E-state index contributed by atoms with van der Waals surface area (Å²) in [6.45, 7) is 7.52. The van der Waals surface area contributed by atoms with Crippen molar-refractivity contribution in [1.82, 2.24) is 5.32 Å². The predicted octanol–water partition coefficient (Wildman–Crippen LogP) is 4.71. The first-order valence-corrected chi connectivity index (χ1v) is 9.61. The first kappa shape index (κ1) is 19.4. The molecule has 0 aliphatic carbocycles. The van der Waals surface area contributed by atoms with Gasteiger partial charge in [-0.25, -0.2) is 0 Å². The van der Waals surface area contributed by atoms with Crippen LogP contribution in [0.25, 0.3) is 0 Å². The van der Waals surface area contributed by atoms with E-state index in [0.29, 0.717) is 29.2 Å². The molecule has 0 fully saturated rings. The molecule has 2 amide bonds. The fraction of sp³-hybridized carbons (Fsp3) is 0.364. The molecule has 0 saturated heterocycles. The van der Waals surface area contributed by atoms with Crippen LogP contribution >= 0.6 is 11.6 Å². The van der Waals surface area contributed by atoms with Gasteiger partial charge in [-0.1, -0.05) is 38.4 Å². The molecular formula is C22H25ClN2O2. The van der Waals surface area contributed by atoms with Gasteiger partial charge in [-0.05, 0) is 60.2 Å². The van der Waals surface area contributed by atoms with E-state index in [1.54, 1.807) is 35.2 Å². The number of amides is 2. The fourth-order valence-electron chi connectivity index (χ4n) is 3.17. The Kier molecular flexibility index (Phi) is 5.56. The molecule has 4 nitrogen and oxygen atoms in total. The standard InChI is InChI=1S/C22H25ClN2O2/c1-22(2,3)14-24-20(26)16-9-10-19-15(12-16)7-5-11-25(19)21(27)17-6-4-8-18(23)13-17/h4,6,8-10,12-13H,5,7,11,14H2,1-3H3,(H,24,26). The summed E-state index contributed by atoms with van der Waals surface area (Å²) in [5.74, 6) is -0.144. The van der Waals surface area contributed by atoms with Gasteiger partial charge in [0.05, 0.1) is 0 Å². The fourth-order valence-corrected chi connectivity index (χ4v) is 3.36. The number of halogens is 1. The molecule has 3 rings (SSSR count). The zero-order chi connectivity index (χ0) is 19.6. The zero-order valence-corrected chi connectivity index (χ0v) is 16.8. The molecule has 0 aromatic heterocycles. The Morgan fingerprint density at radius 2 is 1.89 bits per heavy atom. The Morgan fingerprint density at radius 3 is 2.59 bits per heavy atom. The highest BCUT2D eigenvalue weighted by molar-refractivity contribution is 6.31. The smallest absolute Gasteiger partial charge is 0.258 e. The maximum Gasteiger partial charge on any atom is 0.258 e. The molecule has 1 aliphatic rings. The van der Waals surface area contributed by atoms with Crippen LogP contribution < -0.4 is 10.2 Å². The minimum absolute atomic E-state index is 0.0318. The van der Waals surface area contributed by atoms with Gasteiger partial charge in [-0.2, -0.15) is 0 Å². The van der Waals surface area contributed by atoms with Crippen molar-refractivity contribution in [3.8, 4) is 0 Å². The van der Waals surface area contributed by atoms with Crippen molar-refractivity contribution in [2.75, 3.05) is 18.0 Å². The predicted molar refractivity (Wildman–Crippen MR) is 110 cm³/mol. The monoisotopic (exact) mass is 384 g/mol. The van der Waals surface area contributed by atoms with E-state index in [1.165, 1.54) is 0 Å². The minimum Gasteiger partial charge on any atom is -0.352 e. The van der Waals surface area contributed by atoms with Gasteiger partial charge in [0, 0.05) is 34.9 Å². The summed E-state index contributed by atoms with van der Waals surface area (Å²) in [6.07, 6.45) is 1.72. The molecule has 0 bridgehead atoms. The Balaban J connectivity index is 1.82. The summed E-state index contributed by atoms with van der Waals surface area (Å²) in [6, 6.07) is 12.6. The normalized spacial score (nSPS) is 13.9. The largest absolute Gasteiger partial charge is 0.352 e. The van der Waals surface area contributed by atoms with Gasteiger partial charge in [0.25, 0.3) is 11.8 Å². The van der Waals surface area contributed by atoms with Gasteiger partial charge < -0.3 is 10.2 Å². The number of aryl methyl sites for hydroxylation is 1. The minimum atomic E-state index is -0.0778. The highest BCUT2D eigenvalue weighted by Gasteiger charge is 2.25. The van der Waals surface area contributed by atoms with Gasteiger partial charge in [0.15, 0.2) is 0 Å². The number of rotatable bonds is 3. The van der Waals surface area contributed by atoms with E-state index in [0.717, 1.165) is 24.1 Å². The van der Waals surface area contributed by atoms with Crippen molar-refractivity contribution in [2.24, 2.45) is 5.41 Å². The number of anilines is 1. The molecule has 0 spiro atoms.